The maximum absolute atomic E-state index is 12.1. The van der Waals surface area contributed by atoms with Crippen LogP contribution in [0.5, 0.6) is 0 Å². The molecule has 0 bridgehead atoms. The summed E-state index contributed by atoms with van der Waals surface area (Å²) in [5.41, 5.74) is 0.933. The number of aliphatic hydroxyl groups is 1. The van der Waals surface area contributed by atoms with Crippen LogP contribution in [0.25, 0.3) is 0 Å². The van der Waals surface area contributed by atoms with Gasteiger partial charge in [0.2, 0.25) is 10.0 Å². The molecule has 2 atom stereocenters. The molecule has 0 aliphatic heterocycles. The van der Waals surface area contributed by atoms with Gasteiger partial charge in [0.1, 0.15) is 0 Å². The highest BCUT2D eigenvalue weighted by molar-refractivity contribution is 7.90. The third-order valence-corrected chi connectivity index (χ3v) is 5.59. The summed E-state index contributed by atoms with van der Waals surface area (Å²) in [5.74, 6) is 0.238. The van der Waals surface area contributed by atoms with Crippen LogP contribution in [-0.4, -0.2) is 30.4 Å². The van der Waals surface area contributed by atoms with Gasteiger partial charge < -0.3 is 5.11 Å². The van der Waals surface area contributed by atoms with Crippen LogP contribution in [-0.2, 0) is 10.0 Å². The third kappa shape index (κ3) is 3.33. The monoisotopic (exact) mass is 275 g/mol. The van der Waals surface area contributed by atoms with Crippen LogP contribution in [0.4, 0.5) is 0 Å². The second-order valence-electron chi connectivity index (χ2n) is 6.22. The van der Waals surface area contributed by atoms with Gasteiger partial charge in [-0.1, -0.05) is 19.9 Å². The molecule has 0 aromatic carbocycles. The fourth-order valence-corrected chi connectivity index (χ4v) is 3.02. The lowest BCUT2D eigenvalue weighted by Crippen LogP contribution is -2.51. The standard InChI is InChI=1S/C13H25NO3S/c1-9(2)10-7-6-8-11(12(10)15)14-18(16,17)13(3,4)5/h7,9,11-12,14-15H,6,8H2,1-5H3/t11-,12+/m0/s1. The van der Waals surface area contributed by atoms with Crippen LogP contribution in [0.2, 0.25) is 0 Å². The van der Waals surface area contributed by atoms with E-state index in [0.29, 0.717) is 6.42 Å². The molecular formula is C13H25NO3S. The van der Waals surface area contributed by atoms with Crippen molar-refractivity contribution < 1.29 is 13.5 Å². The van der Waals surface area contributed by atoms with E-state index in [0.717, 1.165) is 12.0 Å². The Balaban J connectivity index is 2.86. The molecule has 0 heterocycles. The van der Waals surface area contributed by atoms with Crippen molar-refractivity contribution >= 4 is 10.0 Å². The molecule has 0 aromatic heterocycles. The van der Waals surface area contributed by atoms with Gasteiger partial charge in [-0.15, -0.1) is 0 Å². The molecule has 106 valence electrons. The van der Waals surface area contributed by atoms with Crippen molar-refractivity contribution in [1.29, 1.82) is 0 Å². The predicted octanol–water partition coefficient (Wildman–Crippen LogP) is 1.81. The van der Waals surface area contributed by atoms with Crippen molar-refractivity contribution in [3.63, 3.8) is 0 Å². The van der Waals surface area contributed by atoms with Crippen molar-refractivity contribution in [2.45, 2.75) is 64.4 Å². The predicted molar refractivity (Wildman–Crippen MR) is 73.8 cm³/mol. The van der Waals surface area contributed by atoms with E-state index in [1.54, 1.807) is 20.8 Å². The van der Waals surface area contributed by atoms with E-state index in [1.165, 1.54) is 0 Å². The van der Waals surface area contributed by atoms with Crippen molar-refractivity contribution in [3.8, 4) is 0 Å². The highest BCUT2D eigenvalue weighted by atomic mass is 32.2. The summed E-state index contributed by atoms with van der Waals surface area (Å²) in [4.78, 5) is 0. The fraction of sp³-hybridized carbons (Fsp3) is 0.846. The van der Waals surface area contributed by atoms with Gasteiger partial charge in [-0.3, -0.25) is 0 Å². The summed E-state index contributed by atoms with van der Waals surface area (Å²) in [6, 6.07) is -0.406. The van der Waals surface area contributed by atoms with E-state index in [2.05, 4.69) is 4.72 Å². The summed E-state index contributed by atoms with van der Waals surface area (Å²) >= 11 is 0. The zero-order valence-corrected chi connectivity index (χ0v) is 12.7. The van der Waals surface area contributed by atoms with E-state index in [-0.39, 0.29) is 5.92 Å². The van der Waals surface area contributed by atoms with Gasteiger partial charge in [-0.25, -0.2) is 13.1 Å². The molecule has 0 spiro atoms. The lowest BCUT2D eigenvalue weighted by atomic mass is 9.86. The molecule has 4 nitrogen and oxygen atoms in total. The average molecular weight is 275 g/mol. The van der Waals surface area contributed by atoms with Crippen molar-refractivity contribution in [1.82, 2.24) is 4.72 Å². The average Bonchev–Trinajstić information content (AvgIpc) is 2.18. The maximum Gasteiger partial charge on any atom is 0.216 e. The maximum atomic E-state index is 12.1. The number of rotatable bonds is 3. The molecule has 0 fully saturated rings. The summed E-state index contributed by atoms with van der Waals surface area (Å²) in [5, 5.41) is 10.2. The van der Waals surface area contributed by atoms with E-state index in [9.17, 15) is 13.5 Å². The Kier molecular flexibility index (Phi) is 4.62. The van der Waals surface area contributed by atoms with Gasteiger partial charge in [-0.05, 0) is 45.1 Å². The van der Waals surface area contributed by atoms with Crippen LogP contribution in [0.15, 0.2) is 11.6 Å². The van der Waals surface area contributed by atoms with E-state index in [1.807, 2.05) is 19.9 Å². The Labute approximate surface area is 111 Å². The summed E-state index contributed by atoms with van der Waals surface area (Å²) in [6.07, 6.45) is 2.77. The molecule has 0 unspecified atom stereocenters. The summed E-state index contributed by atoms with van der Waals surface area (Å²) in [6.45, 7) is 8.99. The third-order valence-electron chi connectivity index (χ3n) is 3.36. The molecule has 0 aromatic rings. The molecule has 18 heavy (non-hydrogen) atoms. The van der Waals surface area contributed by atoms with Gasteiger partial charge >= 0.3 is 0 Å². The van der Waals surface area contributed by atoms with E-state index >= 15 is 0 Å². The zero-order chi connectivity index (χ0) is 14.1. The molecule has 1 rings (SSSR count). The van der Waals surface area contributed by atoms with E-state index < -0.39 is 26.9 Å². The van der Waals surface area contributed by atoms with Gasteiger partial charge in [0, 0.05) is 0 Å². The number of nitrogens with one attached hydrogen (secondary N) is 1. The molecular weight excluding hydrogens is 250 g/mol. The zero-order valence-electron chi connectivity index (χ0n) is 11.9. The smallest absolute Gasteiger partial charge is 0.216 e. The van der Waals surface area contributed by atoms with Gasteiger partial charge in [0.15, 0.2) is 0 Å². The number of hydrogen-bond donors (Lipinski definition) is 2. The van der Waals surface area contributed by atoms with Crippen molar-refractivity contribution in [2.75, 3.05) is 0 Å². The van der Waals surface area contributed by atoms with Crippen LogP contribution in [0, 0.1) is 5.92 Å². The van der Waals surface area contributed by atoms with Gasteiger partial charge in [0.05, 0.1) is 16.9 Å². The fourth-order valence-electron chi connectivity index (χ4n) is 2.02. The minimum Gasteiger partial charge on any atom is -0.387 e. The quantitative estimate of drug-likeness (QED) is 0.772. The Hall–Kier alpha value is -0.390. The number of allylic oxidation sites excluding steroid dienone is 1. The van der Waals surface area contributed by atoms with Crippen LogP contribution >= 0.6 is 0 Å². The summed E-state index contributed by atoms with van der Waals surface area (Å²) < 4.78 is 26.0. The molecule has 2 N–H and O–H groups in total. The Morgan fingerprint density at radius 1 is 1.39 bits per heavy atom. The highest BCUT2D eigenvalue weighted by Gasteiger charge is 2.35. The molecule has 0 radical (unpaired) electrons. The topological polar surface area (TPSA) is 66.4 Å². The first kappa shape index (κ1) is 15.7. The highest BCUT2D eigenvalue weighted by Crippen LogP contribution is 2.26. The van der Waals surface area contributed by atoms with Gasteiger partial charge in [-0.2, -0.15) is 0 Å². The first-order valence-electron chi connectivity index (χ1n) is 6.46. The Morgan fingerprint density at radius 3 is 2.39 bits per heavy atom. The first-order chi connectivity index (χ1) is 8.06. The molecule has 5 heteroatoms. The molecule has 1 aliphatic carbocycles. The van der Waals surface area contributed by atoms with Crippen LogP contribution in [0.1, 0.15) is 47.5 Å². The normalized spacial score (nSPS) is 26.3. The minimum atomic E-state index is -3.42. The lowest BCUT2D eigenvalue weighted by molar-refractivity contribution is 0.150. The number of hydrogen-bond acceptors (Lipinski definition) is 3. The molecule has 1 aliphatic rings. The SMILES string of the molecule is CC(C)C1=CCC[C@H](NS(=O)(=O)C(C)(C)C)[C@@H]1O. The Bertz CT molecular complexity index is 418. The van der Waals surface area contributed by atoms with Crippen LogP contribution < -0.4 is 4.72 Å². The second-order valence-corrected chi connectivity index (χ2v) is 8.69. The number of aliphatic hydroxyl groups excluding tert-OH is 1. The largest absolute Gasteiger partial charge is 0.387 e. The van der Waals surface area contributed by atoms with Crippen molar-refractivity contribution in [3.05, 3.63) is 11.6 Å². The van der Waals surface area contributed by atoms with Gasteiger partial charge in [0.25, 0.3) is 0 Å². The van der Waals surface area contributed by atoms with E-state index in [4.69, 9.17) is 0 Å². The molecule has 0 amide bonds. The first-order valence-corrected chi connectivity index (χ1v) is 7.94. The minimum absolute atomic E-state index is 0.238. The lowest BCUT2D eigenvalue weighted by Gasteiger charge is -2.33. The second kappa shape index (κ2) is 5.31. The molecule has 0 saturated carbocycles. The van der Waals surface area contributed by atoms with Crippen molar-refractivity contribution in [2.24, 2.45) is 5.92 Å². The number of sulfonamides is 1. The Morgan fingerprint density at radius 2 is 1.94 bits per heavy atom. The molecule has 0 saturated heterocycles. The summed E-state index contributed by atoms with van der Waals surface area (Å²) in [7, 11) is -3.42. The van der Waals surface area contributed by atoms with Crippen LogP contribution in [0.3, 0.4) is 0 Å².